The molecule has 0 bridgehead atoms. The maximum absolute atomic E-state index is 5.77. The number of nitrogens with one attached hydrogen (secondary N) is 1. The second-order valence-corrected chi connectivity index (χ2v) is 7.47. The smallest absolute Gasteiger partial charge is 0.170 e. The summed E-state index contributed by atoms with van der Waals surface area (Å²) in [6.07, 6.45) is 9.31. The predicted molar refractivity (Wildman–Crippen MR) is 119 cm³/mol. The predicted octanol–water partition coefficient (Wildman–Crippen LogP) is 3.84. The monoisotopic (exact) mass is 412 g/mol. The minimum atomic E-state index is -0.0714. The normalized spacial score (nSPS) is 18.4. The van der Waals surface area contributed by atoms with Crippen LogP contribution in [0.4, 0.5) is 0 Å². The molecule has 0 radical (unpaired) electrons. The molecule has 2 unspecified atom stereocenters. The number of thiocarbonyl (C=S) groups is 1. The third-order valence-electron chi connectivity index (χ3n) is 5.28. The van der Waals surface area contributed by atoms with Gasteiger partial charge >= 0.3 is 0 Å². The average Bonchev–Trinajstić information content (AvgIpc) is 3.40. The fraction of sp³-hybridized carbons (Fsp3) is 0.130. The van der Waals surface area contributed by atoms with E-state index in [1.807, 2.05) is 60.9 Å². The Balaban J connectivity index is 1.60. The number of nitrogens with zero attached hydrogens (tertiary/aromatic N) is 5. The highest BCUT2D eigenvalue weighted by Gasteiger charge is 2.41. The van der Waals surface area contributed by atoms with Gasteiger partial charge in [0.1, 0.15) is 0 Å². The van der Waals surface area contributed by atoms with Gasteiger partial charge in [-0.05, 0) is 60.7 Å². The molecule has 4 aromatic rings. The van der Waals surface area contributed by atoms with Gasteiger partial charge in [0.05, 0.1) is 30.0 Å². The molecule has 0 aromatic carbocycles. The molecule has 2 atom stereocenters. The molecule has 5 rings (SSSR count). The summed E-state index contributed by atoms with van der Waals surface area (Å²) in [7, 11) is 0. The number of pyridine rings is 3. The highest BCUT2D eigenvalue weighted by atomic mass is 32.1. The van der Waals surface area contributed by atoms with Gasteiger partial charge in [0, 0.05) is 42.4 Å². The first-order chi connectivity index (χ1) is 14.8. The fourth-order valence-electron chi connectivity index (χ4n) is 3.94. The van der Waals surface area contributed by atoms with Gasteiger partial charge in [0.2, 0.25) is 0 Å². The van der Waals surface area contributed by atoms with Crippen molar-refractivity contribution in [2.24, 2.45) is 0 Å². The van der Waals surface area contributed by atoms with Crippen LogP contribution in [0.15, 0.2) is 91.6 Å². The van der Waals surface area contributed by atoms with E-state index in [1.54, 1.807) is 12.4 Å². The van der Waals surface area contributed by atoms with E-state index < -0.39 is 0 Å². The van der Waals surface area contributed by atoms with Crippen molar-refractivity contribution in [2.75, 3.05) is 0 Å². The maximum Gasteiger partial charge on any atom is 0.170 e. The molecule has 0 amide bonds. The summed E-state index contributed by atoms with van der Waals surface area (Å²) in [6, 6.07) is 20.0. The zero-order valence-electron chi connectivity index (χ0n) is 16.2. The first kappa shape index (κ1) is 18.4. The van der Waals surface area contributed by atoms with Gasteiger partial charge in [-0.15, -0.1) is 0 Å². The lowest BCUT2D eigenvalue weighted by molar-refractivity contribution is 0.299. The molecule has 6 nitrogen and oxygen atoms in total. The zero-order valence-corrected chi connectivity index (χ0v) is 17.0. The van der Waals surface area contributed by atoms with Crippen LogP contribution in [0.5, 0.6) is 0 Å². The summed E-state index contributed by atoms with van der Waals surface area (Å²) < 4.78 is 2.18. The lowest BCUT2D eigenvalue weighted by atomic mass is 10.0. The van der Waals surface area contributed by atoms with Gasteiger partial charge in [-0.25, -0.2) is 0 Å². The van der Waals surface area contributed by atoms with Crippen LogP contribution in [0, 0.1) is 0 Å². The molecule has 1 aliphatic rings. The molecule has 0 saturated carbocycles. The van der Waals surface area contributed by atoms with Gasteiger partial charge in [-0.2, -0.15) is 0 Å². The van der Waals surface area contributed by atoms with E-state index in [0.29, 0.717) is 11.7 Å². The Labute approximate surface area is 180 Å². The van der Waals surface area contributed by atoms with E-state index in [0.717, 1.165) is 22.8 Å². The zero-order chi connectivity index (χ0) is 20.3. The Hall–Kier alpha value is -3.58. The summed E-state index contributed by atoms with van der Waals surface area (Å²) in [5.74, 6) is 0. The summed E-state index contributed by atoms with van der Waals surface area (Å²) >= 11 is 5.77. The van der Waals surface area contributed by atoms with Crippen molar-refractivity contribution in [3.63, 3.8) is 0 Å². The van der Waals surface area contributed by atoms with E-state index >= 15 is 0 Å². The van der Waals surface area contributed by atoms with E-state index in [1.165, 1.54) is 0 Å². The third kappa shape index (κ3) is 3.44. The quantitative estimate of drug-likeness (QED) is 0.503. The Bertz CT molecular complexity index is 1130. The summed E-state index contributed by atoms with van der Waals surface area (Å²) in [5, 5.41) is 4.20. The van der Waals surface area contributed by atoms with E-state index in [-0.39, 0.29) is 12.1 Å². The lowest BCUT2D eigenvalue weighted by Gasteiger charge is -2.28. The van der Waals surface area contributed by atoms with Crippen molar-refractivity contribution in [3.05, 3.63) is 109 Å². The first-order valence-electron chi connectivity index (χ1n) is 9.77. The van der Waals surface area contributed by atoms with E-state index in [4.69, 9.17) is 12.2 Å². The van der Waals surface area contributed by atoms with Crippen LogP contribution in [0.2, 0.25) is 0 Å². The maximum atomic E-state index is 5.77. The summed E-state index contributed by atoms with van der Waals surface area (Å²) in [4.78, 5) is 15.5. The molecule has 1 N–H and O–H groups in total. The number of aromatic nitrogens is 4. The second-order valence-electron chi connectivity index (χ2n) is 7.08. The number of hydrogen-bond acceptors (Lipinski definition) is 4. The Morgan fingerprint density at radius 2 is 1.67 bits per heavy atom. The van der Waals surface area contributed by atoms with Crippen LogP contribution >= 0.6 is 12.2 Å². The molecule has 5 heterocycles. The van der Waals surface area contributed by atoms with Crippen molar-refractivity contribution < 1.29 is 0 Å². The van der Waals surface area contributed by atoms with Gasteiger partial charge in [0.25, 0.3) is 0 Å². The molecule has 30 heavy (non-hydrogen) atoms. The van der Waals surface area contributed by atoms with Crippen LogP contribution in [0.25, 0.3) is 5.69 Å². The van der Waals surface area contributed by atoms with Crippen molar-refractivity contribution >= 4 is 17.3 Å². The van der Waals surface area contributed by atoms with E-state index in [2.05, 4.69) is 48.1 Å². The fourth-order valence-corrected chi connectivity index (χ4v) is 4.24. The molecule has 1 aliphatic heterocycles. The molecule has 4 aromatic heterocycles. The minimum absolute atomic E-state index is 0.0439. The highest BCUT2D eigenvalue weighted by Crippen LogP contribution is 2.40. The first-order valence-corrected chi connectivity index (χ1v) is 10.2. The van der Waals surface area contributed by atoms with Crippen molar-refractivity contribution in [1.29, 1.82) is 0 Å². The van der Waals surface area contributed by atoms with Gasteiger partial charge in [-0.1, -0.05) is 12.1 Å². The largest absolute Gasteiger partial charge is 0.352 e. The lowest BCUT2D eigenvalue weighted by Crippen LogP contribution is -2.30. The summed E-state index contributed by atoms with van der Waals surface area (Å²) in [6.45, 7) is 0.613. The SMILES string of the molecule is S=C1NC(c2ccccn2)C(c2cccn2-c2ccncc2)N1Cc1ccccn1. The Kier molecular flexibility index (Phi) is 4.94. The Morgan fingerprint density at radius 1 is 0.867 bits per heavy atom. The Morgan fingerprint density at radius 3 is 2.40 bits per heavy atom. The van der Waals surface area contributed by atoms with Gasteiger partial charge in [-0.3, -0.25) is 15.0 Å². The van der Waals surface area contributed by atoms with Crippen LogP contribution < -0.4 is 5.32 Å². The molecule has 1 fully saturated rings. The third-order valence-corrected chi connectivity index (χ3v) is 5.63. The molecule has 0 aliphatic carbocycles. The molecule has 148 valence electrons. The van der Waals surface area contributed by atoms with Crippen molar-refractivity contribution in [2.45, 2.75) is 18.6 Å². The summed E-state index contributed by atoms with van der Waals surface area (Å²) in [5.41, 5.74) is 4.10. The van der Waals surface area contributed by atoms with Crippen LogP contribution in [0.1, 0.15) is 29.2 Å². The number of rotatable bonds is 5. The molecule has 7 heteroatoms. The van der Waals surface area contributed by atoms with Crippen LogP contribution in [-0.2, 0) is 6.54 Å². The standard InChI is InChI=1S/C23H20N6S/c30-23-27-21(19-7-2-4-12-26-19)22(29(23)16-17-6-1-3-11-25-17)20-8-5-15-28(20)18-9-13-24-14-10-18/h1-15,21-22H,16H2,(H,27,30). The van der Waals surface area contributed by atoms with Gasteiger partial charge < -0.3 is 14.8 Å². The topological polar surface area (TPSA) is 58.9 Å². The molecular formula is C23H20N6S. The van der Waals surface area contributed by atoms with Crippen LogP contribution in [0.3, 0.4) is 0 Å². The van der Waals surface area contributed by atoms with E-state index in [9.17, 15) is 0 Å². The molecule has 1 saturated heterocycles. The second kappa shape index (κ2) is 8.04. The highest BCUT2D eigenvalue weighted by molar-refractivity contribution is 7.80. The van der Waals surface area contributed by atoms with Gasteiger partial charge in [0.15, 0.2) is 5.11 Å². The molecular weight excluding hydrogens is 392 g/mol. The van der Waals surface area contributed by atoms with Crippen LogP contribution in [-0.4, -0.2) is 29.5 Å². The molecule has 0 spiro atoms. The van der Waals surface area contributed by atoms with Crippen molar-refractivity contribution in [1.82, 2.24) is 29.7 Å². The minimum Gasteiger partial charge on any atom is -0.352 e. The average molecular weight is 413 g/mol. The number of hydrogen-bond donors (Lipinski definition) is 1. The van der Waals surface area contributed by atoms with Crippen molar-refractivity contribution in [3.8, 4) is 5.69 Å².